The molecule has 1 aromatic heterocycles. The molecule has 40 heavy (non-hydrogen) atoms. The van der Waals surface area contributed by atoms with Crippen LogP contribution in [-0.2, 0) is 14.8 Å². The number of hydrogen-bond acceptors (Lipinski definition) is 5. The number of amides is 1. The Morgan fingerprint density at radius 1 is 0.975 bits per heavy atom. The van der Waals surface area contributed by atoms with Crippen LogP contribution in [0.5, 0.6) is 11.5 Å². The van der Waals surface area contributed by atoms with Gasteiger partial charge in [-0.1, -0.05) is 41.4 Å². The minimum atomic E-state index is -3.80. The van der Waals surface area contributed by atoms with Crippen LogP contribution >= 0.6 is 23.2 Å². The Morgan fingerprint density at radius 3 is 2.25 bits per heavy atom. The third-order valence-corrected chi connectivity index (χ3v) is 8.15. The highest BCUT2D eigenvalue weighted by Gasteiger charge is 2.29. The summed E-state index contributed by atoms with van der Waals surface area (Å²) >= 11 is 12.2. The van der Waals surface area contributed by atoms with E-state index in [-0.39, 0.29) is 0 Å². The van der Waals surface area contributed by atoms with Gasteiger partial charge in [-0.05, 0) is 81.4 Å². The quantitative estimate of drug-likeness (QED) is 0.176. The van der Waals surface area contributed by atoms with Gasteiger partial charge in [-0.2, -0.15) is 5.10 Å². The van der Waals surface area contributed by atoms with E-state index in [0.29, 0.717) is 27.2 Å². The monoisotopic (exact) mass is 598 g/mol. The minimum Gasteiger partial charge on any atom is -0.457 e. The maximum atomic E-state index is 13.0. The third-order valence-electron chi connectivity index (χ3n) is 6.17. The van der Waals surface area contributed by atoms with Crippen LogP contribution in [0.1, 0.15) is 23.9 Å². The van der Waals surface area contributed by atoms with E-state index in [2.05, 4.69) is 10.5 Å². The van der Waals surface area contributed by atoms with Crippen molar-refractivity contribution in [1.29, 1.82) is 0 Å². The molecule has 0 radical (unpaired) electrons. The number of sulfonamides is 1. The lowest BCUT2D eigenvalue weighted by Gasteiger charge is -2.27. The first-order chi connectivity index (χ1) is 19.0. The Morgan fingerprint density at radius 2 is 1.62 bits per heavy atom. The average molecular weight is 600 g/mol. The number of ether oxygens (including phenoxy) is 1. The second kappa shape index (κ2) is 12.2. The number of anilines is 1. The van der Waals surface area contributed by atoms with Crippen LogP contribution in [0, 0.1) is 13.8 Å². The molecule has 1 amide bonds. The van der Waals surface area contributed by atoms with Gasteiger partial charge in [0.1, 0.15) is 17.5 Å². The highest BCUT2D eigenvalue weighted by molar-refractivity contribution is 7.92. The Labute approximate surface area is 243 Å². The van der Waals surface area contributed by atoms with Crippen LogP contribution < -0.4 is 14.5 Å². The lowest BCUT2D eigenvalue weighted by atomic mass is 10.2. The summed E-state index contributed by atoms with van der Waals surface area (Å²) in [6, 6.07) is 21.9. The first kappa shape index (κ1) is 29.2. The van der Waals surface area contributed by atoms with Crippen LogP contribution in [0.25, 0.3) is 5.69 Å². The molecule has 3 aromatic carbocycles. The van der Waals surface area contributed by atoms with E-state index in [0.717, 1.165) is 33.2 Å². The molecule has 11 heteroatoms. The highest BCUT2D eigenvalue weighted by Crippen LogP contribution is 2.28. The number of carbonyl (C=O) groups is 1. The predicted molar refractivity (Wildman–Crippen MR) is 161 cm³/mol. The molecule has 0 saturated carbocycles. The lowest BCUT2D eigenvalue weighted by molar-refractivity contribution is -0.121. The van der Waals surface area contributed by atoms with Gasteiger partial charge >= 0.3 is 0 Å². The van der Waals surface area contributed by atoms with Crippen molar-refractivity contribution in [2.75, 3.05) is 10.6 Å². The van der Waals surface area contributed by atoms with Crippen LogP contribution in [0.2, 0.25) is 10.0 Å². The number of benzene rings is 3. The molecule has 8 nitrogen and oxygen atoms in total. The molecule has 4 aromatic rings. The number of nitrogens with one attached hydrogen (secondary N) is 1. The summed E-state index contributed by atoms with van der Waals surface area (Å²) in [7, 11) is -3.80. The first-order valence-corrected chi connectivity index (χ1v) is 14.9. The fourth-order valence-corrected chi connectivity index (χ4v) is 5.76. The van der Waals surface area contributed by atoms with Gasteiger partial charge in [0.2, 0.25) is 10.0 Å². The van der Waals surface area contributed by atoms with Crippen LogP contribution in [-0.4, -0.2) is 37.4 Å². The van der Waals surface area contributed by atoms with Gasteiger partial charge in [-0.3, -0.25) is 9.10 Å². The van der Waals surface area contributed by atoms with Crippen molar-refractivity contribution in [1.82, 2.24) is 9.99 Å². The molecule has 208 valence electrons. The summed E-state index contributed by atoms with van der Waals surface area (Å²) in [5, 5.41) is 5.00. The molecule has 0 spiro atoms. The molecule has 0 aliphatic carbocycles. The summed E-state index contributed by atoms with van der Waals surface area (Å²) in [4.78, 5) is 13.0. The van der Waals surface area contributed by atoms with E-state index in [9.17, 15) is 13.2 Å². The summed E-state index contributed by atoms with van der Waals surface area (Å²) < 4.78 is 34.2. The SMILES string of the molecule is Cc1cc(/C=N\NC(=O)[C@H](C)N(c2ccc(Oc3ccccc3)cc2)S(C)(=O)=O)c(C)n1-c1ccc(Cl)c(Cl)c1. The molecule has 0 saturated heterocycles. The molecule has 1 heterocycles. The standard InChI is InChI=1S/C29H28Cl2N4O4S/c1-19-16-22(20(2)34(19)24-12-15-27(30)28(31)17-24)18-32-33-29(36)21(3)35(40(4,37)38)23-10-13-26(14-11-23)39-25-8-6-5-7-9-25/h5-18,21H,1-4H3,(H,33,36)/b32-18-/t21-/m0/s1. The minimum absolute atomic E-state index is 0.319. The highest BCUT2D eigenvalue weighted by atomic mass is 35.5. The van der Waals surface area contributed by atoms with Gasteiger partial charge in [0.15, 0.2) is 0 Å². The van der Waals surface area contributed by atoms with E-state index in [1.165, 1.54) is 13.1 Å². The van der Waals surface area contributed by atoms with E-state index >= 15 is 0 Å². The van der Waals surface area contributed by atoms with Crippen LogP contribution in [0.3, 0.4) is 0 Å². The molecule has 0 unspecified atom stereocenters. The lowest BCUT2D eigenvalue weighted by Crippen LogP contribution is -2.46. The van der Waals surface area contributed by atoms with Crippen LogP contribution in [0.15, 0.2) is 84.0 Å². The number of nitrogens with zero attached hydrogens (tertiary/aromatic N) is 3. The Kier molecular flexibility index (Phi) is 8.88. The Bertz CT molecular complexity index is 1650. The smallest absolute Gasteiger partial charge is 0.263 e. The van der Waals surface area contributed by atoms with Crippen molar-refractivity contribution in [2.45, 2.75) is 26.8 Å². The van der Waals surface area contributed by atoms with E-state index in [4.69, 9.17) is 27.9 Å². The first-order valence-electron chi connectivity index (χ1n) is 12.3. The average Bonchev–Trinajstić information content (AvgIpc) is 3.19. The number of halogens is 2. The van der Waals surface area contributed by atoms with Crippen LogP contribution in [0.4, 0.5) is 5.69 Å². The summed E-state index contributed by atoms with van der Waals surface area (Å²) in [6.07, 6.45) is 2.56. The second-order valence-corrected chi connectivity index (χ2v) is 11.8. The molecule has 0 bridgehead atoms. The maximum absolute atomic E-state index is 13.0. The molecule has 0 fully saturated rings. The van der Waals surface area contributed by atoms with Gasteiger partial charge in [0, 0.05) is 22.6 Å². The van der Waals surface area contributed by atoms with Crippen molar-refractivity contribution < 1.29 is 17.9 Å². The number of aromatic nitrogens is 1. The number of para-hydroxylation sites is 1. The van der Waals surface area contributed by atoms with Crippen molar-refractivity contribution >= 4 is 51.0 Å². The van der Waals surface area contributed by atoms with Gasteiger partial charge in [0.25, 0.3) is 5.91 Å². The van der Waals surface area contributed by atoms with Crippen molar-refractivity contribution in [2.24, 2.45) is 5.10 Å². The predicted octanol–water partition coefficient (Wildman–Crippen LogP) is 6.50. The molecule has 0 aliphatic heterocycles. The van der Waals surface area contributed by atoms with E-state index in [1.807, 2.05) is 60.9 Å². The van der Waals surface area contributed by atoms with Crippen molar-refractivity contribution in [3.8, 4) is 17.2 Å². The van der Waals surface area contributed by atoms with E-state index < -0.39 is 22.0 Å². The number of carbonyl (C=O) groups excluding carboxylic acids is 1. The number of rotatable bonds is 9. The number of aryl methyl sites for hydroxylation is 1. The van der Waals surface area contributed by atoms with Gasteiger partial charge < -0.3 is 9.30 Å². The maximum Gasteiger partial charge on any atom is 0.263 e. The molecular formula is C29H28Cl2N4O4S. The Balaban J connectivity index is 1.48. The van der Waals surface area contributed by atoms with E-state index in [1.54, 1.807) is 36.4 Å². The summed E-state index contributed by atoms with van der Waals surface area (Å²) in [6.45, 7) is 5.35. The fourth-order valence-electron chi connectivity index (χ4n) is 4.29. The zero-order valence-electron chi connectivity index (χ0n) is 22.3. The van der Waals surface area contributed by atoms with Gasteiger partial charge in [0.05, 0.1) is 28.2 Å². The molecular weight excluding hydrogens is 571 g/mol. The van der Waals surface area contributed by atoms with Crippen molar-refractivity contribution in [3.63, 3.8) is 0 Å². The topological polar surface area (TPSA) is 93.0 Å². The fraction of sp³-hybridized carbons (Fsp3) is 0.172. The number of hydrogen-bond donors (Lipinski definition) is 1. The molecule has 1 N–H and O–H groups in total. The van der Waals surface area contributed by atoms with Gasteiger partial charge in [-0.15, -0.1) is 0 Å². The largest absolute Gasteiger partial charge is 0.457 e. The van der Waals surface area contributed by atoms with Gasteiger partial charge in [-0.25, -0.2) is 13.8 Å². The molecule has 0 aliphatic rings. The zero-order chi connectivity index (χ0) is 29.0. The normalized spacial score (nSPS) is 12.3. The number of hydrazone groups is 1. The second-order valence-electron chi connectivity index (χ2n) is 9.14. The molecule has 4 rings (SSSR count). The summed E-state index contributed by atoms with van der Waals surface area (Å²) in [5.74, 6) is 0.590. The summed E-state index contributed by atoms with van der Waals surface area (Å²) in [5.41, 5.74) is 6.19. The third kappa shape index (κ3) is 6.67. The zero-order valence-corrected chi connectivity index (χ0v) is 24.6. The molecule has 1 atom stereocenters. The Hall–Kier alpha value is -3.79. The van der Waals surface area contributed by atoms with Crippen molar-refractivity contribution in [3.05, 3.63) is 106 Å².